The highest BCUT2D eigenvalue weighted by atomic mass is 16.4. The van der Waals surface area contributed by atoms with Crippen LogP contribution in [0.25, 0.3) is 0 Å². The zero-order valence-electron chi connectivity index (χ0n) is 11.4. The summed E-state index contributed by atoms with van der Waals surface area (Å²) < 4.78 is 0. The number of carbonyl (C=O) groups excluding carboxylic acids is 2. The lowest BCUT2D eigenvalue weighted by Gasteiger charge is -2.29. The number of carboxylic acid groups (broad SMARTS) is 1. The highest BCUT2D eigenvalue weighted by molar-refractivity contribution is 5.86. The van der Waals surface area contributed by atoms with Crippen LogP contribution < -0.4 is 11.1 Å². The molecule has 4 N–H and O–H groups in total. The van der Waals surface area contributed by atoms with Gasteiger partial charge in [0.25, 0.3) is 0 Å². The van der Waals surface area contributed by atoms with Crippen molar-refractivity contribution in [3.05, 3.63) is 0 Å². The van der Waals surface area contributed by atoms with Crippen LogP contribution in [0.5, 0.6) is 0 Å². The molecular formula is C13H22N2O4. The fraction of sp³-hybridized carbons (Fsp3) is 0.769. The first-order valence-electron chi connectivity index (χ1n) is 6.56. The summed E-state index contributed by atoms with van der Waals surface area (Å²) >= 11 is 0. The molecule has 6 nitrogen and oxygen atoms in total. The van der Waals surface area contributed by atoms with Crippen molar-refractivity contribution in [3.63, 3.8) is 0 Å². The molecule has 0 aromatic carbocycles. The van der Waals surface area contributed by atoms with Gasteiger partial charge < -0.3 is 16.2 Å². The molecule has 108 valence electrons. The van der Waals surface area contributed by atoms with Crippen molar-refractivity contribution in [2.24, 2.45) is 23.0 Å². The molecule has 0 heterocycles. The molecule has 2 amide bonds. The maximum atomic E-state index is 12.1. The molecule has 0 unspecified atom stereocenters. The number of nitrogens with two attached hydrogens (primary N) is 1. The van der Waals surface area contributed by atoms with Crippen molar-refractivity contribution >= 4 is 17.8 Å². The SMILES string of the molecule is CC(C)(CNC(=O)[C@@H]1CCCC[C@@H]1C(=O)O)C(N)=O. The molecule has 0 bridgehead atoms. The van der Waals surface area contributed by atoms with E-state index in [0.29, 0.717) is 12.8 Å². The minimum atomic E-state index is -0.922. The van der Waals surface area contributed by atoms with E-state index in [1.165, 1.54) is 0 Å². The van der Waals surface area contributed by atoms with Crippen LogP contribution in [0.2, 0.25) is 0 Å². The lowest BCUT2D eigenvalue weighted by molar-refractivity contribution is -0.149. The van der Waals surface area contributed by atoms with E-state index in [2.05, 4.69) is 5.32 Å². The summed E-state index contributed by atoms with van der Waals surface area (Å²) in [4.78, 5) is 34.3. The van der Waals surface area contributed by atoms with E-state index >= 15 is 0 Å². The van der Waals surface area contributed by atoms with Crippen LogP contribution in [-0.2, 0) is 14.4 Å². The summed E-state index contributed by atoms with van der Waals surface area (Å²) in [6, 6.07) is 0. The monoisotopic (exact) mass is 270 g/mol. The highest BCUT2D eigenvalue weighted by Gasteiger charge is 2.36. The number of carboxylic acids is 1. The average Bonchev–Trinajstić information content (AvgIpc) is 2.35. The van der Waals surface area contributed by atoms with Crippen molar-refractivity contribution in [1.82, 2.24) is 5.32 Å². The van der Waals surface area contributed by atoms with Gasteiger partial charge >= 0.3 is 5.97 Å². The van der Waals surface area contributed by atoms with E-state index in [0.717, 1.165) is 12.8 Å². The second kappa shape index (κ2) is 6.04. The predicted octanol–water partition coefficient (Wildman–Crippen LogP) is 0.505. The Balaban J connectivity index is 2.61. The van der Waals surface area contributed by atoms with Crippen LogP contribution in [0.3, 0.4) is 0 Å². The number of aliphatic carboxylic acids is 1. The fourth-order valence-electron chi connectivity index (χ4n) is 2.27. The molecule has 0 aliphatic heterocycles. The van der Waals surface area contributed by atoms with Crippen LogP contribution >= 0.6 is 0 Å². The molecule has 0 spiro atoms. The second-order valence-corrected chi connectivity index (χ2v) is 5.80. The minimum absolute atomic E-state index is 0.129. The standard InChI is InChI=1S/C13H22N2O4/c1-13(2,12(14)19)7-15-10(16)8-5-3-4-6-9(8)11(17)18/h8-9H,3-7H2,1-2H3,(H2,14,19)(H,15,16)(H,17,18)/t8-,9+/m1/s1. The van der Waals surface area contributed by atoms with Gasteiger partial charge in [0.2, 0.25) is 11.8 Å². The van der Waals surface area contributed by atoms with E-state index < -0.39 is 29.1 Å². The van der Waals surface area contributed by atoms with Crippen molar-refractivity contribution < 1.29 is 19.5 Å². The zero-order chi connectivity index (χ0) is 14.6. The van der Waals surface area contributed by atoms with Crippen LogP contribution in [0, 0.1) is 17.3 Å². The second-order valence-electron chi connectivity index (χ2n) is 5.80. The van der Waals surface area contributed by atoms with Crippen LogP contribution in [0.1, 0.15) is 39.5 Å². The molecule has 1 rings (SSSR count). The quantitative estimate of drug-likeness (QED) is 0.676. The number of carbonyl (C=O) groups is 3. The molecule has 1 fully saturated rings. The molecule has 0 saturated heterocycles. The summed E-state index contributed by atoms with van der Waals surface area (Å²) in [5, 5.41) is 11.8. The lowest BCUT2D eigenvalue weighted by Crippen LogP contribution is -2.46. The first-order chi connectivity index (χ1) is 8.75. The summed E-state index contributed by atoms with van der Waals surface area (Å²) in [5.41, 5.74) is 4.40. The fourth-order valence-corrected chi connectivity index (χ4v) is 2.27. The van der Waals surface area contributed by atoms with Gasteiger partial charge in [0, 0.05) is 6.54 Å². The molecule has 6 heteroatoms. The van der Waals surface area contributed by atoms with E-state index in [9.17, 15) is 14.4 Å². The van der Waals surface area contributed by atoms with Gasteiger partial charge in [0.1, 0.15) is 0 Å². The Bertz CT molecular complexity index is 379. The molecule has 0 aromatic rings. The molecule has 1 aliphatic carbocycles. The van der Waals surface area contributed by atoms with Crippen LogP contribution in [-0.4, -0.2) is 29.4 Å². The summed E-state index contributed by atoms with van der Waals surface area (Å²) in [6.45, 7) is 3.42. The Labute approximate surface area is 112 Å². The van der Waals surface area contributed by atoms with Crippen molar-refractivity contribution in [2.45, 2.75) is 39.5 Å². The number of rotatable bonds is 5. The van der Waals surface area contributed by atoms with Crippen LogP contribution in [0.15, 0.2) is 0 Å². The Kier molecular flexibility index (Phi) is 4.91. The smallest absolute Gasteiger partial charge is 0.307 e. The van der Waals surface area contributed by atoms with Crippen LogP contribution in [0.4, 0.5) is 0 Å². The molecular weight excluding hydrogens is 248 g/mol. The topological polar surface area (TPSA) is 109 Å². The predicted molar refractivity (Wildman–Crippen MR) is 69.1 cm³/mol. The van der Waals surface area contributed by atoms with Crippen molar-refractivity contribution in [2.75, 3.05) is 6.54 Å². The first-order valence-corrected chi connectivity index (χ1v) is 6.56. The highest BCUT2D eigenvalue weighted by Crippen LogP contribution is 2.30. The van der Waals surface area contributed by atoms with Gasteiger partial charge in [-0.2, -0.15) is 0 Å². The van der Waals surface area contributed by atoms with Crippen molar-refractivity contribution in [1.29, 1.82) is 0 Å². The molecule has 19 heavy (non-hydrogen) atoms. The van der Waals surface area contributed by atoms with E-state index in [1.54, 1.807) is 13.8 Å². The van der Waals surface area contributed by atoms with Gasteiger partial charge in [-0.3, -0.25) is 14.4 Å². The third-order valence-corrected chi connectivity index (χ3v) is 3.79. The number of nitrogens with one attached hydrogen (secondary N) is 1. The molecule has 2 atom stereocenters. The van der Waals surface area contributed by atoms with Gasteiger partial charge in [0.15, 0.2) is 0 Å². The van der Waals surface area contributed by atoms with E-state index in [4.69, 9.17) is 10.8 Å². The lowest BCUT2D eigenvalue weighted by atomic mass is 9.78. The summed E-state index contributed by atoms with van der Waals surface area (Å²) in [5.74, 6) is -2.83. The Morgan fingerprint density at radius 2 is 1.74 bits per heavy atom. The molecule has 1 saturated carbocycles. The van der Waals surface area contributed by atoms with Gasteiger partial charge in [0.05, 0.1) is 17.3 Å². The zero-order valence-corrected chi connectivity index (χ0v) is 11.4. The molecule has 1 aliphatic rings. The van der Waals surface area contributed by atoms with Gasteiger partial charge in [-0.25, -0.2) is 0 Å². The van der Waals surface area contributed by atoms with E-state index in [1.807, 2.05) is 0 Å². The first kappa shape index (κ1) is 15.5. The Hall–Kier alpha value is -1.59. The van der Waals surface area contributed by atoms with Gasteiger partial charge in [-0.1, -0.05) is 12.8 Å². The molecule has 0 aromatic heterocycles. The summed E-state index contributed by atoms with van der Waals surface area (Å²) in [7, 11) is 0. The number of amides is 2. The Morgan fingerprint density at radius 3 is 2.21 bits per heavy atom. The van der Waals surface area contributed by atoms with Crippen molar-refractivity contribution in [3.8, 4) is 0 Å². The van der Waals surface area contributed by atoms with E-state index in [-0.39, 0.29) is 12.5 Å². The largest absolute Gasteiger partial charge is 0.481 e. The number of hydrogen-bond donors (Lipinski definition) is 3. The number of hydrogen-bond acceptors (Lipinski definition) is 3. The number of primary amides is 1. The van der Waals surface area contributed by atoms with Gasteiger partial charge in [-0.05, 0) is 26.7 Å². The Morgan fingerprint density at radius 1 is 1.21 bits per heavy atom. The third-order valence-electron chi connectivity index (χ3n) is 3.79. The van der Waals surface area contributed by atoms with Gasteiger partial charge in [-0.15, -0.1) is 0 Å². The molecule has 0 radical (unpaired) electrons. The normalized spacial score (nSPS) is 23.7. The average molecular weight is 270 g/mol. The minimum Gasteiger partial charge on any atom is -0.481 e. The summed E-state index contributed by atoms with van der Waals surface area (Å²) in [6.07, 6.45) is 2.82. The maximum absolute atomic E-state index is 12.1. The third kappa shape index (κ3) is 3.94. The maximum Gasteiger partial charge on any atom is 0.307 e.